The highest BCUT2D eigenvalue weighted by atomic mass is 35.5. The summed E-state index contributed by atoms with van der Waals surface area (Å²) in [4.78, 5) is 15.5. The zero-order chi connectivity index (χ0) is 21.8. The number of hydrogen-bond donors (Lipinski definition) is 1. The van der Waals surface area contributed by atoms with E-state index in [0.717, 1.165) is 58.6 Å². The molecule has 1 aliphatic rings. The van der Waals surface area contributed by atoms with Gasteiger partial charge in [0, 0.05) is 23.0 Å². The van der Waals surface area contributed by atoms with Gasteiger partial charge in [-0.2, -0.15) is 0 Å². The van der Waals surface area contributed by atoms with Gasteiger partial charge in [0.05, 0.1) is 12.7 Å². The van der Waals surface area contributed by atoms with E-state index < -0.39 is 5.97 Å². The van der Waals surface area contributed by atoms with Gasteiger partial charge < -0.3 is 14.6 Å². The molecule has 158 valence electrons. The first-order chi connectivity index (χ1) is 15.0. The Balaban J connectivity index is 1.67. The normalized spacial score (nSPS) is 13.4. The number of benzene rings is 2. The Kier molecular flexibility index (Phi) is 6.23. The fraction of sp³-hybridized carbons (Fsp3) is 0.200. The largest absolute Gasteiger partial charge is 0.497 e. The van der Waals surface area contributed by atoms with Gasteiger partial charge in [0.15, 0.2) is 0 Å². The molecule has 31 heavy (non-hydrogen) atoms. The molecule has 0 radical (unpaired) electrons. The maximum Gasteiger partial charge on any atom is 0.337 e. The molecule has 4 rings (SSSR count). The minimum Gasteiger partial charge on any atom is -0.497 e. The van der Waals surface area contributed by atoms with E-state index in [1.165, 1.54) is 6.20 Å². The number of methoxy groups -OCH3 is 1. The highest BCUT2D eigenvalue weighted by Crippen LogP contribution is 2.43. The maximum atomic E-state index is 11.4. The van der Waals surface area contributed by atoms with Gasteiger partial charge in [0.2, 0.25) is 0 Å². The fourth-order valence-corrected chi connectivity index (χ4v) is 4.00. The first kappa shape index (κ1) is 20.9. The average Bonchev–Trinajstić information content (AvgIpc) is 3.28. The maximum absolute atomic E-state index is 11.4. The molecule has 2 aromatic carbocycles. The van der Waals surface area contributed by atoms with Crippen LogP contribution >= 0.6 is 11.6 Å². The van der Waals surface area contributed by atoms with Gasteiger partial charge in [-0.05, 0) is 77.9 Å². The van der Waals surface area contributed by atoms with Crippen molar-refractivity contribution in [1.29, 1.82) is 0 Å². The van der Waals surface area contributed by atoms with Crippen LogP contribution in [-0.2, 0) is 6.61 Å². The molecule has 0 bridgehead atoms. The predicted octanol–water partition coefficient (Wildman–Crippen LogP) is 6.12. The van der Waals surface area contributed by atoms with Crippen molar-refractivity contribution in [2.24, 2.45) is 0 Å². The molecular weight excluding hydrogens is 414 g/mol. The summed E-state index contributed by atoms with van der Waals surface area (Å²) in [6.45, 7) is 0.414. The molecule has 0 atom stereocenters. The van der Waals surface area contributed by atoms with Crippen LogP contribution in [0.5, 0.6) is 11.5 Å². The zero-order valence-corrected chi connectivity index (χ0v) is 17.9. The molecule has 0 spiro atoms. The molecule has 6 heteroatoms. The lowest BCUT2D eigenvalue weighted by Crippen LogP contribution is -2.00. The lowest BCUT2D eigenvalue weighted by atomic mass is 9.96. The van der Waals surface area contributed by atoms with Gasteiger partial charge in [0.1, 0.15) is 18.1 Å². The summed E-state index contributed by atoms with van der Waals surface area (Å²) in [5.74, 6) is 0.562. The van der Waals surface area contributed by atoms with Gasteiger partial charge in [0.25, 0.3) is 0 Å². The minimum absolute atomic E-state index is 0.179. The molecule has 0 saturated heterocycles. The molecule has 3 aromatic rings. The molecule has 1 heterocycles. The van der Waals surface area contributed by atoms with Crippen LogP contribution in [-0.4, -0.2) is 23.2 Å². The second kappa shape index (κ2) is 9.23. The second-order valence-electron chi connectivity index (χ2n) is 7.36. The Labute approximate surface area is 185 Å². The van der Waals surface area contributed by atoms with E-state index in [1.54, 1.807) is 19.4 Å². The number of carboxylic acid groups (broad SMARTS) is 1. The van der Waals surface area contributed by atoms with E-state index in [-0.39, 0.29) is 5.56 Å². The van der Waals surface area contributed by atoms with Crippen molar-refractivity contribution in [3.05, 3.63) is 88.2 Å². The molecule has 0 fully saturated rings. The Morgan fingerprint density at radius 2 is 1.84 bits per heavy atom. The summed E-state index contributed by atoms with van der Waals surface area (Å²) in [6, 6.07) is 15.0. The summed E-state index contributed by atoms with van der Waals surface area (Å²) >= 11 is 6.32. The first-order valence-electron chi connectivity index (χ1n) is 10.0. The van der Waals surface area contributed by atoms with Crippen LogP contribution in [0.4, 0.5) is 0 Å². The van der Waals surface area contributed by atoms with Gasteiger partial charge >= 0.3 is 5.97 Å². The predicted molar refractivity (Wildman–Crippen MR) is 121 cm³/mol. The molecule has 1 N–H and O–H groups in total. The Bertz CT molecular complexity index is 1140. The lowest BCUT2D eigenvalue weighted by molar-refractivity contribution is 0.0696. The number of ether oxygens (including phenoxy) is 2. The summed E-state index contributed by atoms with van der Waals surface area (Å²) < 4.78 is 11.4. The second-order valence-corrected chi connectivity index (χ2v) is 7.79. The lowest BCUT2D eigenvalue weighted by Gasteiger charge is -2.15. The number of allylic oxidation sites excluding steroid dienone is 2. The molecule has 0 aliphatic heterocycles. The van der Waals surface area contributed by atoms with Crippen LogP contribution in [0.3, 0.4) is 0 Å². The Hall–Kier alpha value is -3.31. The average molecular weight is 436 g/mol. The van der Waals surface area contributed by atoms with Crippen molar-refractivity contribution in [1.82, 2.24) is 4.98 Å². The highest BCUT2D eigenvalue weighted by molar-refractivity contribution is 6.30. The van der Waals surface area contributed by atoms with Crippen LogP contribution in [0.25, 0.3) is 11.1 Å². The monoisotopic (exact) mass is 435 g/mol. The number of rotatable bonds is 7. The van der Waals surface area contributed by atoms with Gasteiger partial charge in [-0.15, -0.1) is 0 Å². The molecule has 0 amide bonds. The van der Waals surface area contributed by atoms with E-state index in [0.29, 0.717) is 11.6 Å². The van der Waals surface area contributed by atoms with Crippen LogP contribution < -0.4 is 9.47 Å². The number of nitrogens with zero attached hydrogens (tertiary/aromatic N) is 1. The number of carbonyl (C=O) groups is 1. The summed E-state index contributed by atoms with van der Waals surface area (Å²) in [5, 5.41) is 9.95. The van der Waals surface area contributed by atoms with E-state index in [1.807, 2.05) is 42.5 Å². The third-order valence-corrected chi connectivity index (χ3v) is 5.61. The van der Waals surface area contributed by atoms with Crippen molar-refractivity contribution >= 4 is 28.7 Å². The highest BCUT2D eigenvalue weighted by Gasteiger charge is 2.22. The van der Waals surface area contributed by atoms with Crippen molar-refractivity contribution in [2.45, 2.75) is 25.9 Å². The van der Waals surface area contributed by atoms with Crippen molar-refractivity contribution in [2.75, 3.05) is 7.11 Å². The van der Waals surface area contributed by atoms with Crippen LogP contribution in [0.15, 0.2) is 60.9 Å². The van der Waals surface area contributed by atoms with Crippen LogP contribution in [0.1, 0.15) is 46.3 Å². The smallest absolute Gasteiger partial charge is 0.337 e. The molecule has 5 nitrogen and oxygen atoms in total. The number of halogens is 1. The van der Waals surface area contributed by atoms with E-state index in [2.05, 4.69) is 4.98 Å². The van der Waals surface area contributed by atoms with Crippen molar-refractivity contribution in [3.8, 4) is 11.5 Å². The summed E-state index contributed by atoms with van der Waals surface area (Å²) in [7, 11) is 1.64. The number of hydrogen-bond acceptors (Lipinski definition) is 4. The fourth-order valence-electron chi connectivity index (χ4n) is 3.83. The Morgan fingerprint density at radius 3 is 2.58 bits per heavy atom. The third-order valence-electron chi connectivity index (χ3n) is 5.37. The molecular formula is C25H22ClNO4. The minimum atomic E-state index is -0.985. The molecule has 0 saturated carbocycles. The van der Waals surface area contributed by atoms with Crippen LogP contribution in [0, 0.1) is 0 Å². The quantitative estimate of drug-likeness (QED) is 0.484. The number of pyridine rings is 1. The summed E-state index contributed by atoms with van der Waals surface area (Å²) in [6.07, 6.45) is 5.78. The summed E-state index contributed by atoms with van der Waals surface area (Å²) in [5.41, 5.74) is 5.19. The standard InChI is InChI=1S/C25H22ClNO4/c1-30-20-8-5-16(6-9-20)15-31-24-10-7-19(26)12-23(24)22-4-2-3-21(22)17-11-18(25(28)29)14-27-13-17/h5-14H,2-4,15H2,1H3,(H,28,29). The zero-order valence-electron chi connectivity index (χ0n) is 17.1. The van der Waals surface area contributed by atoms with Gasteiger partial charge in [-0.1, -0.05) is 23.7 Å². The van der Waals surface area contributed by atoms with E-state index >= 15 is 0 Å². The number of aromatic nitrogens is 1. The molecule has 1 aromatic heterocycles. The third kappa shape index (κ3) is 4.72. The van der Waals surface area contributed by atoms with Gasteiger partial charge in [-0.3, -0.25) is 4.98 Å². The van der Waals surface area contributed by atoms with Crippen molar-refractivity contribution < 1.29 is 19.4 Å². The van der Waals surface area contributed by atoms with E-state index in [4.69, 9.17) is 21.1 Å². The molecule has 0 unspecified atom stereocenters. The van der Waals surface area contributed by atoms with Crippen molar-refractivity contribution in [3.63, 3.8) is 0 Å². The topological polar surface area (TPSA) is 68.7 Å². The van der Waals surface area contributed by atoms with Gasteiger partial charge in [-0.25, -0.2) is 4.79 Å². The SMILES string of the molecule is COc1ccc(COc2ccc(Cl)cc2C2=C(c3cncc(C(=O)O)c3)CCC2)cc1. The van der Waals surface area contributed by atoms with Crippen LogP contribution in [0.2, 0.25) is 5.02 Å². The Morgan fingerprint density at radius 1 is 1.06 bits per heavy atom. The first-order valence-corrected chi connectivity index (χ1v) is 10.4. The van der Waals surface area contributed by atoms with E-state index in [9.17, 15) is 9.90 Å². The number of aromatic carboxylic acids is 1. The number of carboxylic acids is 1. The molecule has 1 aliphatic carbocycles.